The van der Waals surface area contributed by atoms with Gasteiger partial charge in [-0.2, -0.15) is 0 Å². The Labute approximate surface area is 84.7 Å². The summed E-state index contributed by atoms with van der Waals surface area (Å²) in [6.07, 6.45) is 0. The summed E-state index contributed by atoms with van der Waals surface area (Å²) in [6.45, 7) is 4.34. The second kappa shape index (κ2) is 4.64. The summed E-state index contributed by atoms with van der Waals surface area (Å²) in [5.41, 5.74) is 2.00. The van der Waals surface area contributed by atoms with Crippen LogP contribution in [0.3, 0.4) is 0 Å². The lowest BCUT2D eigenvalue weighted by Crippen LogP contribution is -1.94. The summed E-state index contributed by atoms with van der Waals surface area (Å²) in [7, 11) is 1.61. The minimum Gasteiger partial charge on any atom is -0.361 e. The average molecular weight is 199 g/mol. The van der Waals surface area contributed by atoms with E-state index < -0.39 is 0 Å². The van der Waals surface area contributed by atoms with Gasteiger partial charge < -0.3 is 4.74 Å². The minimum absolute atomic E-state index is 0.332. The van der Waals surface area contributed by atoms with Gasteiger partial charge in [0.25, 0.3) is 0 Å². The quantitative estimate of drug-likeness (QED) is 0.674. The Hall–Kier alpha value is -0.530. The van der Waals surface area contributed by atoms with Crippen LogP contribution in [0.2, 0.25) is 0 Å². The summed E-state index contributed by atoms with van der Waals surface area (Å²) in [5, 5.41) is 0. The standard InChI is InChI=1S/C11H15ClO/c1-8(2)9-4-6-10(7-5-9)11(12)13-3/h4-8,11H,1-3H3. The molecule has 2 heteroatoms. The molecule has 1 unspecified atom stereocenters. The van der Waals surface area contributed by atoms with Crippen LogP contribution in [-0.4, -0.2) is 7.11 Å². The first-order valence-corrected chi connectivity index (χ1v) is 4.85. The van der Waals surface area contributed by atoms with Crippen LogP contribution in [-0.2, 0) is 4.74 Å². The van der Waals surface area contributed by atoms with Crippen molar-refractivity contribution in [3.8, 4) is 0 Å². The monoisotopic (exact) mass is 198 g/mol. The zero-order chi connectivity index (χ0) is 9.84. The van der Waals surface area contributed by atoms with Crippen molar-refractivity contribution in [1.82, 2.24) is 0 Å². The zero-order valence-electron chi connectivity index (χ0n) is 8.25. The Balaban J connectivity index is 2.81. The maximum Gasteiger partial charge on any atom is 0.156 e. The van der Waals surface area contributed by atoms with Gasteiger partial charge in [-0.1, -0.05) is 49.7 Å². The molecule has 72 valence electrons. The second-order valence-corrected chi connectivity index (χ2v) is 3.77. The number of methoxy groups -OCH3 is 1. The first-order chi connectivity index (χ1) is 6.15. The van der Waals surface area contributed by atoms with Crippen LogP contribution >= 0.6 is 11.6 Å². The molecule has 0 bridgehead atoms. The molecule has 0 saturated carbocycles. The van der Waals surface area contributed by atoms with Crippen molar-refractivity contribution in [1.29, 1.82) is 0 Å². The summed E-state index contributed by atoms with van der Waals surface area (Å²) >= 11 is 5.90. The zero-order valence-corrected chi connectivity index (χ0v) is 9.01. The molecule has 0 saturated heterocycles. The predicted molar refractivity (Wildman–Crippen MR) is 56.1 cm³/mol. The van der Waals surface area contributed by atoms with Gasteiger partial charge in [-0.25, -0.2) is 0 Å². The number of ether oxygens (including phenoxy) is 1. The van der Waals surface area contributed by atoms with E-state index >= 15 is 0 Å². The fourth-order valence-corrected chi connectivity index (χ4v) is 1.31. The van der Waals surface area contributed by atoms with E-state index in [9.17, 15) is 0 Å². The molecule has 0 aromatic heterocycles. The van der Waals surface area contributed by atoms with Crippen LogP contribution in [0, 0.1) is 0 Å². The smallest absolute Gasteiger partial charge is 0.156 e. The van der Waals surface area contributed by atoms with Crippen molar-refractivity contribution in [2.75, 3.05) is 7.11 Å². The van der Waals surface area contributed by atoms with Gasteiger partial charge in [0, 0.05) is 7.11 Å². The molecule has 1 atom stereocenters. The molecule has 0 amide bonds. The number of hydrogen-bond acceptors (Lipinski definition) is 1. The van der Waals surface area contributed by atoms with E-state index in [4.69, 9.17) is 16.3 Å². The summed E-state index contributed by atoms with van der Waals surface area (Å²) in [4.78, 5) is 0. The fourth-order valence-electron chi connectivity index (χ4n) is 1.17. The topological polar surface area (TPSA) is 9.23 Å². The normalized spacial score (nSPS) is 13.3. The first-order valence-electron chi connectivity index (χ1n) is 4.42. The molecular formula is C11H15ClO. The van der Waals surface area contributed by atoms with Crippen LogP contribution in [0.25, 0.3) is 0 Å². The number of halogens is 1. The van der Waals surface area contributed by atoms with Crippen molar-refractivity contribution >= 4 is 11.6 Å². The van der Waals surface area contributed by atoms with Crippen LogP contribution in [0.4, 0.5) is 0 Å². The predicted octanol–water partition coefficient (Wildman–Crippen LogP) is 3.69. The van der Waals surface area contributed by atoms with Crippen molar-refractivity contribution < 1.29 is 4.74 Å². The molecule has 1 nitrogen and oxygen atoms in total. The number of hydrogen-bond donors (Lipinski definition) is 0. The van der Waals surface area contributed by atoms with Crippen LogP contribution in [0.15, 0.2) is 24.3 Å². The Morgan fingerprint density at radius 3 is 1.92 bits per heavy atom. The highest BCUT2D eigenvalue weighted by molar-refractivity contribution is 6.19. The highest BCUT2D eigenvalue weighted by atomic mass is 35.5. The van der Waals surface area contributed by atoms with Crippen LogP contribution in [0.1, 0.15) is 36.5 Å². The number of alkyl halides is 1. The third-order valence-corrected chi connectivity index (χ3v) is 2.50. The van der Waals surface area contributed by atoms with Gasteiger partial charge in [-0.3, -0.25) is 0 Å². The van der Waals surface area contributed by atoms with Gasteiger partial charge in [-0.15, -0.1) is 0 Å². The number of rotatable bonds is 3. The van der Waals surface area contributed by atoms with Gasteiger partial charge in [0.05, 0.1) is 0 Å². The molecule has 0 N–H and O–H groups in total. The summed E-state index contributed by atoms with van der Waals surface area (Å²) < 4.78 is 5.00. The maximum absolute atomic E-state index is 5.90. The molecule has 0 fully saturated rings. The lowest BCUT2D eigenvalue weighted by molar-refractivity contribution is 0.170. The molecule has 1 aromatic rings. The van der Waals surface area contributed by atoms with Gasteiger partial charge >= 0.3 is 0 Å². The molecule has 1 aromatic carbocycles. The van der Waals surface area contributed by atoms with E-state index in [1.807, 2.05) is 12.1 Å². The fraction of sp³-hybridized carbons (Fsp3) is 0.455. The first kappa shape index (κ1) is 10.6. The average Bonchev–Trinajstić information content (AvgIpc) is 2.17. The van der Waals surface area contributed by atoms with E-state index in [0.717, 1.165) is 5.56 Å². The van der Waals surface area contributed by atoms with Crippen molar-refractivity contribution in [3.05, 3.63) is 35.4 Å². The second-order valence-electron chi connectivity index (χ2n) is 3.37. The molecule has 0 aliphatic rings. The summed E-state index contributed by atoms with van der Waals surface area (Å²) in [6, 6.07) is 8.20. The number of benzene rings is 1. The lowest BCUT2D eigenvalue weighted by atomic mass is 10.0. The van der Waals surface area contributed by atoms with Crippen molar-refractivity contribution in [3.63, 3.8) is 0 Å². The molecule has 1 rings (SSSR count). The van der Waals surface area contributed by atoms with Crippen molar-refractivity contribution in [2.24, 2.45) is 0 Å². The SMILES string of the molecule is COC(Cl)c1ccc(C(C)C)cc1. The van der Waals surface area contributed by atoms with Gasteiger partial charge in [-0.05, 0) is 17.0 Å². The van der Waals surface area contributed by atoms with Gasteiger partial charge in [0.15, 0.2) is 5.56 Å². The Kier molecular flexibility index (Phi) is 3.76. The molecular weight excluding hydrogens is 184 g/mol. The Bertz CT molecular complexity index is 253. The Morgan fingerprint density at radius 2 is 1.54 bits per heavy atom. The van der Waals surface area contributed by atoms with E-state index in [-0.39, 0.29) is 5.56 Å². The Morgan fingerprint density at radius 1 is 1.08 bits per heavy atom. The highest BCUT2D eigenvalue weighted by Crippen LogP contribution is 2.23. The lowest BCUT2D eigenvalue weighted by Gasteiger charge is -2.09. The molecule has 0 heterocycles. The molecule has 0 aliphatic heterocycles. The molecule has 0 radical (unpaired) electrons. The van der Waals surface area contributed by atoms with Gasteiger partial charge in [0.1, 0.15) is 0 Å². The third kappa shape index (κ3) is 2.71. The van der Waals surface area contributed by atoms with Crippen LogP contribution < -0.4 is 0 Å². The minimum atomic E-state index is -0.332. The van der Waals surface area contributed by atoms with E-state index in [2.05, 4.69) is 26.0 Å². The molecule has 0 spiro atoms. The molecule has 0 aliphatic carbocycles. The molecule has 13 heavy (non-hydrogen) atoms. The van der Waals surface area contributed by atoms with Crippen molar-refractivity contribution in [2.45, 2.75) is 25.3 Å². The maximum atomic E-state index is 5.90. The van der Waals surface area contributed by atoms with E-state index in [0.29, 0.717) is 5.92 Å². The van der Waals surface area contributed by atoms with E-state index in [1.165, 1.54) is 5.56 Å². The third-order valence-electron chi connectivity index (χ3n) is 2.07. The summed E-state index contributed by atoms with van der Waals surface area (Å²) in [5.74, 6) is 0.561. The van der Waals surface area contributed by atoms with Gasteiger partial charge in [0.2, 0.25) is 0 Å². The highest BCUT2D eigenvalue weighted by Gasteiger charge is 2.05. The van der Waals surface area contributed by atoms with E-state index in [1.54, 1.807) is 7.11 Å². The van der Waals surface area contributed by atoms with Crippen LogP contribution in [0.5, 0.6) is 0 Å². The largest absolute Gasteiger partial charge is 0.361 e.